The van der Waals surface area contributed by atoms with Crippen molar-refractivity contribution in [2.24, 2.45) is 0 Å². The van der Waals surface area contributed by atoms with Gasteiger partial charge in [0, 0.05) is 10.7 Å². The highest BCUT2D eigenvalue weighted by molar-refractivity contribution is 7.89. The maximum absolute atomic E-state index is 12.3. The minimum Gasteiger partial charge on any atom is -0.481 e. The van der Waals surface area contributed by atoms with Crippen molar-refractivity contribution in [1.29, 1.82) is 0 Å². The summed E-state index contributed by atoms with van der Waals surface area (Å²) in [4.78, 5) is 12.4. The van der Waals surface area contributed by atoms with Crippen LogP contribution in [0.15, 0.2) is 47.4 Å². The van der Waals surface area contributed by atoms with Gasteiger partial charge >= 0.3 is 0 Å². The molecule has 0 spiro atoms. The Bertz CT molecular complexity index is 884. The smallest absolute Gasteiger partial charge is 0.265 e. The minimum absolute atomic E-state index is 0.108. The van der Waals surface area contributed by atoms with Gasteiger partial charge in [0.15, 0.2) is 6.10 Å². The van der Waals surface area contributed by atoms with Crippen molar-refractivity contribution in [3.8, 4) is 5.75 Å². The van der Waals surface area contributed by atoms with Crippen LogP contribution in [0.3, 0.4) is 0 Å². The number of amides is 1. The molecular formula is C17H19ClN2O4S. The summed E-state index contributed by atoms with van der Waals surface area (Å²) >= 11 is 5.88. The number of halogens is 1. The van der Waals surface area contributed by atoms with E-state index in [0.717, 1.165) is 0 Å². The fraction of sp³-hybridized carbons (Fsp3) is 0.235. The molecule has 25 heavy (non-hydrogen) atoms. The van der Waals surface area contributed by atoms with Crippen molar-refractivity contribution in [1.82, 2.24) is 4.72 Å². The lowest BCUT2D eigenvalue weighted by molar-refractivity contribution is -0.122. The molecule has 2 N–H and O–H groups in total. The number of aryl methyl sites for hydroxylation is 1. The number of ether oxygens (including phenoxy) is 1. The lowest BCUT2D eigenvalue weighted by Gasteiger charge is -2.16. The molecule has 0 aliphatic rings. The van der Waals surface area contributed by atoms with Gasteiger partial charge in [-0.05, 0) is 56.8 Å². The second-order valence-corrected chi connectivity index (χ2v) is 7.69. The fourth-order valence-electron chi connectivity index (χ4n) is 2.12. The number of anilines is 1. The molecule has 2 aromatic rings. The molecule has 0 aliphatic heterocycles. The molecule has 0 saturated heterocycles. The van der Waals surface area contributed by atoms with E-state index in [9.17, 15) is 13.2 Å². The van der Waals surface area contributed by atoms with Crippen molar-refractivity contribution in [2.75, 3.05) is 12.4 Å². The highest BCUT2D eigenvalue weighted by Gasteiger charge is 2.18. The maximum Gasteiger partial charge on any atom is 0.265 e. The van der Waals surface area contributed by atoms with Crippen LogP contribution in [-0.4, -0.2) is 27.5 Å². The van der Waals surface area contributed by atoms with E-state index in [-0.39, 0.29) is 4.90 Å². The average Bonchev–Trinajstić information content (AvgIpc) is 2.56. The number of sulfonamides is 1. The Morgan fingerprint density at radius 2 is 1.92 bits per heavy atom. The van der Waals surface area contributed by atoms with E-state index in [0.29, 0.717) is 22.0 Å². The minimum atomic E-state index is -3.61. The van der Waals surface area contributed by atoms with Crippen LogP contribution in [-0.2, 0) is 14.8 Å². The van der Waals surface area contributed by atoms with Crippen LogP contribution >= 0.6 is 11.6 Å². The fourth-order valence-corrected chi connectivity index (χ4v) is 3.29. The second-order valence-electron chi connectivity index (χ2n) is 5.39. The highest BCUT2D eigenvalue weighted by Crippen LogP contribution is 2.21. The Balaban J connectivity index is 2.13. The SMILES string of the molecule is CNS(=O)(=O)c1cc(NC(=O)C(C)Oc2cccc(Cl)c2)ccc1C. The lowest BCUT2D eigenvalue weighted by atomic mass is 10.2. The van der Waals surface area contributed by atoms with Crippen LogP contribution in [0.25, 0.3) is 0 Å². The first-order valence-corrected chi connectivity index (χ1v) is 9.36. The number of benzene rings is 2. The summed E-state index contributed by atoms with van der Waals surface area (Å²) in [5.74, 6) is 0.0640. The predicted octanol–water partition coefficient (Wildman–Crippen LogP) is 2.96. The first-order chi connectivity index (χ1) is 11.7. The summed E-state index contributed by atoms with van der Waals surface area (Å²) in [5.41, 5.74) is 0.946. The first kappa shape index (κ1) is 19.2. The number of carbonyl (C=O) groups is 1. The van der Waals surface area contributed by atoms with Crippen LogP contribution in [0.2, 0.25) is 5.02 Å². The van der Waals surface area contributed by atoms with Crippen molar-refractivity contribution < 1.29 is 17.9 Å². The summed E-state index contributed by atoms with van der Waals surface area (Å²) in [5, 5.41) is 3.16. The zero-order valence-corrected chi connectivity index (χ0v) is 15.6. The van der Waals surface area contributed by atoms with Crippen LogP contribution in [0.5, 0.6) is 5.75 Å². The van der Waals surface area contributed by atoms with Gasteiger partial charge in [0.25, 0.3) is 5.91 Å². The van der Waals surface area contributed by atoms with E-state index in [1.807, 2.05) is 0 Å². The van der Waals surface area contributed by atoms with E-state index >= 15 is 0 Å². The summed E-state index contributed by atoms with van der Waals surface area (Å²) in [6.45, 7) is 3.27. The van der Waals surface area contributed by atoms with Crippen LogP contribution in [0.4, 0.5) is 5.69 Å². The third-order valence-electron chi connectivity index (χ3n) is 3.49. The number of hydrogen-bond acceptors (Lipinski definition) is 4. The molecule has 0 fully saturated rings. The molecule has 0 aromatic heterocycles. The first-order valence-electron chi connectivity index (χ1n) is 7.50. The summed E-state index contributed by atoms with van der Waals surface area (Å²) < 4.78 is 31.8. The zero-order chi connectivity index (χ0) is 18.6. The van der Waals surface area contributed by atoms with Crippen molar-refractivity contribution in [2.45, 2.75) is 24.8 Å². The molecule has 2 rings (SSSR count). The van der Waals surface area contributed by atoms with Crippen molar-refractivity contribution in [3.05, 3.63) is 53.1 Å². The Kier molecular flexibility index (Phi) is 6.05. The van der Waals surface area contributed by atoms with E-state index in [2.05, 4.69) is 10.0 Å². The summed E-state index contributed by atoms with van der Waals surface area (Å²) in [6, 6.07) is 11.4. The normalized spacial score (nSPS) is 12.5. The summed E-state index contributed by atoms with van der Waals surface area (Å²) in [6.07, 6.45) is -0.788. The molecule has 0 bridgehead atoms. The van der Waals surface area contributed by atoms with E-state index in [1.54, 1.807) is 50.2 Å². The molecule has 2 aromatic carbocycles. The Labute approximate surface area is 152 Å². The van der Waals surface area contributed by atoms with Gasteiger partial charge in [0.05, 0.1) is 4.90 Å². The molecule has 0 radical (unpaired) electrons. The molecule has 0 saturated carbocycles. The predicted molar refractivity (Wildman–Crippen MR) is 97.6 cm³/mol. The van der Waals surface area contributed by atoms with Crippen LogP contribution in [0.1, 0.15) is 12.5 Å². The molecular weight excluding hydrogens is 364 g/mol. The van der Waals surface area contributed by atoms with Gasteiger partial charge in [-0.2, -0.15) is 0 Å². The maximum atomic E-state index is 12.3. The lowest BCUT2D eigenvalue weighted by Crippen LogP contribution is -2.30. The standard InChI is InChI=1S/C17H19ClN2O4S/c1-11-7-8-14(10-16(11)25(22,23)19-3)20-17(21)12(2)24-15-6-4-5-13(18)9-15/h4-10,12,19H,1-3H3,(H,20,21). The van der Waals surface area contributed by atoms with Gasteiger partial charge in [-0.1, -0.05) is 23.7 Å². The van der Waals surface area contributed by atoms with E-state index in [4.69, 9.17) is 16.3 Å². The highest BCUT2D eigenvalue weighted by atomic mass is 35.5. The van der Waals surface area contributed by atoms with Crippen LogP contribution in [0, 0.1) is 6.92 Å². The molecule has 0 aliphatic carbocycles. The molecule has 1 amide bonds. The largest absolute Gasteiger partial charge is 0.481 e. The molecule has 6 nitrogen and oxygen atoms in total. The van der Waals surface area contributed by atoms with Crippen molar-refractivity contribution in [3.63, 3.8) is 0 Å². The Morgan fingerprint density at radius 1 is 1.20 bits per heavy atom. The van der Waals surface area contributed by atoms with Gasteiger partial charge < -0.3 is 10.1 Å². The monoisotopic (exact) mass is 382 g/mol. The third kappa shape index (κ3) is 4.94. The Morgan fingerprint density at radius 3 is 2.56 bits per heavy atom. The quantitative estimate of drug-likeness (QED) is 0.804. The second kappa shape index (κ2) is 7.86. The molecule has 1 atom stereocenters. The van der Waals surface area contributed by atoms with Gasteiger partial charge in [-0.25, -0.2) is 13.1 Å². The number of nitrogens with one attached hydrogen (secondary N) is 2. The summed E-state index contributed by atoms with van der Waals surface area (Å²) in [7, 11) is -2.27. The third-order valence-corrected chi connectivity index (χ3v) is 5.28. The van der Waals surface area contributed by atoms with Gasteiger partial charge in [0.1, 0.15) is 5.75 Å². The molecule has 0 heterocycles. The zero-order valence-electron chi connectivity index (χ0n) is 14.0. The number of hydrogen-bond donors (Lipinski definition) is 2. The molecule has 134 valence electrons. The topological polar surface area (TPSA) is 84.5 Å². The van der Waals surface area contributed by atoms with Gasteiger partial charge in [-0.15, -0.1) is 0 Å². The van der Waals surface area contributed by atoms with E-state index in [1.165, 1.54) is 13.1 Å². The van der Waals surface area contributed by atoms with E-state index < -0.39 is 22.0 Å². The average molecular weight is 383 g/mol. The Hall–Kier alpha value is -2.09. The van der Waals surface area contributed by atoms with Gasteiger partial charge in [0.2, 0.25) is 10.0 Å². The van der Waals surface area contributed by atoms with Crippen LogP contribution < -0.4 is 14.8 Å². The molecule has 1 unspecified atom stereocenters. The number of carbonyl (C=O) groups excluding carboxylic acids is 1. The van der Waals surface area contributed by atoms with Crippen molar-refractivity contribution >= 4 is 33.2 Å². The van der Waals surface area contributed by atoms with Gasteiger partial charge in [-0.3, -0.25) is 4.79 Å². The number of rotatable bonds is 6. The molecule has 8 heteroatoms.